The molecule has 0 aromatic carbocycles. The number of hydrogen-bond donors (Lipinski definition) is 1. The number of rotatable bonds is 3. The molecule has 0 aliphatic carbocycles. The van der Waals surface area contributed by atoms with Crippen molar-refractivity contribution in [1.82, 2.24) is 9.80 Å². The van der Waals surface area contributed by atoms with Gasteiger partial charge < -0.3 is 19.9 Å². The Kier molecular flexibility index (Phi) is 5.34. The molecule has 0 bridgehead atoms. The van der Waals surface area contributed by atoms with Crippen LogP contribution in [0.25, 0.3) is 0 Å². The Morgan fingerprint density at radius 3 is 2.40 bits per heavy atom. The number of carbonyl (C=O) groups excluding carboxylic acids is 3. The molecule has 7 nitrogen and oxygen atoms in total. The molecule has 0 unspecified atom stereocenters. The summed E-state index contributed by atoms with van der Waals surface area (Å²) in [4.78, 5) is 40.8. The zero-order chi connectivity index (χ0) is 17.8. The van der Waals surface area contributed by atoms with Crippen LogP contribution in [0.1, 0.15) is 19.3 Å². The molecule has 0 radical (unpaired) electrons. The first kappa shape index (κ1) is 17.4. The molecular weight excluding hydrogens is 362 g/mol. The molecule has 3 amide bonds. The molecule has 3 rings (SSSR count). The molecule has 2 aromatic heterocycles. The predicted molar refractivity (Wildman–Crippen MR) is 96.5 cm³/mol. The van der Waals surface area contributed by atoms with Gasteiger partial charge in [0.05, 0.1) is 17.7 Å². The highest BCUT2D eigenvalue weighted by Crippen LogP contribution is 2.23. The summed E-state index contributed by atoms with van der Waals surface area (Å²) < 4.78 is 4.70. The highest BCUT2D eigenvalue weighted by atomic mass is 32.1. The van der Waals surface area contributed by atoms with Gasteiger partial charge in [0, 0.05) is 26.2 Å². The van der Waals surface area contributed by atoms with Crippen LogP contribution in [-0.4, -0.2) is 61.0 Å². The highest BCUT2D eigenvalue weighted by molar-refractivity contribution is 7.12. The fourth-order valence-corrected chi connectivity index (χ4v) is 3.98. The average molecular weight is 379 g/mol. The predicted octanol–water partition coefficient (Wildman–Crippen LogP) is 2.59. The first-order valence-electron chi connectivity index (χ1n) is 7.64. The molecule has 1 aliphatic rings. The third-order valence-corrected chi connectivity index (χ3v) is 5.62. The number of methoxy groups -OCH3 is 1. The van der Waals surface area contributed by atoms with Gasteiger partial charge in [0.2, 0.25) is 0 Å². The average Bonchev–Trinajstić information content (AvgIpc) is 3.32. The van der Waals surface area contributed by atoms with Crippen LogP contribution in [-0.2, 0) is 4.74 Å². The number of thiophene rings is 2. The topological polar surface area (TPSA) is 79.0 Å². The smallest absolute Gasteiger partial charge is 0.350 e. The zero-order valence-electron chi connectivity index (χ0n) is 13.6. The molecule has 0 atom stereocenters. The molecular formula is C16H17N3O4S2. The monoisotopic (exact) mass is 379 g/mol. The number of nitrogens with zero attached hydrogens (tertiary/aromatic N) is 2. The molecule has 9 heteroatoms. The molecule has 0 spiro atoms. The zero-order valence-corrected chi connectivity index (χ0v) is 15.2. The summed E-state index contributed by atoms with van der Waals surface area (Å²) in [5.74, 6) is -0.475. The van der Waals surface area contributed by atoms with Crippen molar-refractivity contribution in [2.75, 3.05) is 38.6 Å². The van der Waals surface area contributed by atoms with E-state index in [9.17, 15) is 14.4 Å². The van der Waals surface area contributed by atoms with Crippen LogP contribution in [0.15, 0.2) is 29.0 Å². The quantitative estimate of drug-likeness (QED) is 0.832. The number of amides is 3. The summed E-state index contributed by atoms with van der Waals surface area (Å²) in [7, 11) is 1.30. The van der Waals surface area contributed by atoms with E-state index in [0.717, 1.165) is 0 Å². The van der Waals surface area contributed by atoms with Gasteiger partial charge in [0.15, 0.2) is 0 Å². The third kappa shape index (κ3) is 3.83. The van der Waals surface area contributed by atoms with Crippen molar-refractivity contribution in [3.63, 3.8) is 0 Å². The maximum Gasteiger partial charge on any atom is 0.350 e. The number of hydrogen-bond acceptors (Lipinski definition) is 6. The number of piperazine rings is 1. The van der Waals surface area contributed by atoms with E-state index in [1.54, 1.807) is 27.3 Å². The van der Waals surface area contributed by atoms with E-state index in [4.69, 9.17) is 4.74 Å². The first-order valence-corrected chi connectivity index (χ1v) is 9.40. The summed E-state index contributed by atoms with van der Waals surface area (Å²) in [6.07, 6.45) is 0. The Bertz CT molecular complexity index is 764. The standard InChI is InChI=1S/C16H17N3O4S2/c1-23-15(21)13-11(4-10-25-13)17-16(22)19-7-5-18(6-8-19)14(20)12-3-2-9-24-12/h2-4,9-10H,5-8H2,1H3,(H,17,22). The fourth-order valence-electron chi connectivity index (χ4n) is 2.52. The van der Waals surface area contributed by atoms with Gasteiger partial charge >= 0.3 is 12.0 Å². The Balaban J connectivity index is 1.56. The number of nitrogens with one attached hydrogen (secondary N) is 1. The fraction of sp³-hybridized carbons (Fsp3) is 0.312. The second-order valence-electron chi connectivity index (χ2n) is 5.34. The van der Waals surface area contributed by atoms with E-state index in [1.165, 1.54) is 29.8 Å². The van der Waals surface area contributed by atoms with E-state index >= 15 is 0 Å². The van der Waals surface area contributed by atoms with E-state index in [-0.39, 0.29) is 11.9 Å². The van der Waals surface area contributed by atoms with Crippen molar-refractivity contribution in [3.05, 3.63) is 38.7 Å². The molecule has 1 aliphatic heterocycles. The number of anilines is 1. The van der Waals surface area contributed by atoms with Gasteiger partial charge in [-0.05, 0) is 22.9 Å². The molecule has 2 aromatic rings. The lowest BCUT2D eigenvalue weighted by Crippen LogP contribution is -2.51. The third-order valence-electron chi connectivity index (χ3n) is 3.86. The molecule has 1 N–H and O–H groups in total. The highest BCUT2D eigenvalue weighted by Gasteiger charge is 2.26. The van der Waals surface area contributed by atoms with Crippen LogP contribution in [0.4, 0.5) is 10.5 Å². The summed E-state index contributed by atoms with van der Waals surface area (Å²) >= 11 is 2.63. The second kappa shape index (κ2) is 7.66. The van der Waals surface area contributed by atoms with Gasteiger partial charge in [-0.2, -0.15) is 0 Å². The van der Waals surface area contributed by atoms with Crippen LogP contribution in [0.2, 0.25) is 0 Å². The van der Waals surface area contributed by atoms with Crippen LogP contribution >= 0.6 is 22.7 Å². The summed E-state index contributed by atoms with van der Waals surface area (Å²) in [5.41, 5.74) is 0.443. The van der Waals surface area contributed by atoms with Gasteiger partial charge in [0.1, 0.15) is 4.88 Å². The number of carbonyl (C=O) groups is 3. The van der Waals surface area contributed by atoms with Crippen molar-refractivity contribution in [1.29, 1.82) is 0 Å². The van der Waals surface area contributed by atoms with Crippen LogP contribution < -0.4 is 5.32 Å². The van der Waals surface area contributed by atoms with Gasteiger partial charge in [-0.15, -0.1) is 22.7 Å². The summed E-state index contributed by atoms with van der Waals surface area (Å²) in [6.45, 7) is 1.86. The van der Waals surface area contributed by atoms with Crippen LogP contribution in [0.3, 0.4) is 0 Å². The van der Waals surface area contributed by atoms with E-state index in [2.05, 4.69) is 5.32 Å². The van der Waals surface area contributed by atoms with Crippen LogP contribution in [0, 0.1) is 0 Å². The molecule has 25 heavy (non-hydrogen) atoms. The summed E-state index contributed by atoms with van der Waals surface area (Å²) in [5, 5.41) is 6.34. The molecule has 0 saturated carbocycles. The maximum absolute atomic E-state index is 12.4. The SMILES string of the molecule is COC(=O)c1sccc1NC(=O)N1CCN(C(=O)c2cccs2)CC1. The molecule has 1 saturated heterocycles. The van der Waals surface area contributed by atoms with E-state index in [0.29, 0.717) is 41.6 Å². The lowest BCUT2D eigenvalue weighted by atomic mass is 10.3. The number of ether oxygens (including phenoxy) is 1. The Labute approximate surface area is 152 Å². The minimum atomic E-state index is -0.475. The van der Waals surface area contributed by atoms with Gasteiger partial charge in [-0.3, -0.25) is 4.79 Å². The lowest BCUT2D eigenvalue weighted by molar-refractivity contribution is 0.0606. The van der Waals surface area contributed by atoms with Gasteiger partial charge in [-0.1, -0.05) is 6.07 Å². The number of esters is 1. The second-order valence-corrected chi connectivity index (χ2v) is 7.21. The molecule has 132 valence electrons. The minimum Gasteiger partial charge on any atom is -0.465 e. The molecule has 1 fully saturated rings. The van der Waals surface area contributed by atoms with Gasteiger partial charge in [-0.25, -0.2) is 9.59 Å². The lowest BCUT2D eigenvalue weighted by Gasteiger charge is -2.34. The van der Waals surface area contributed by atoms with Crippen molar-refractivity contribution < 1.29 is 19.1 Å². The van der Waals surface area contributed by atoms with E-state index in [1.807, 2.05) is 11.4 Å². The van der Waals surface area contributed by atoms with E-state index < -0.39 is 5.97 Å². The first-order chi connectivity index (χ1) is 12.1. The summed E-state index contributed by atoms with van der Waals surface area (Å²) in [6, 6.07) is 5.04. The normalized spacial score (nSPS) is 14.3. The van der Waals surface area contributed by atoms with Crippen LogP contribution in [0.5, 0.6) is 0 Å². The van der Waals surface area contributed by atoms with Gasteiger partial charge in [0.25, 0.3) is 5.91 Å². The largest absolute Gasteiger partial charge is 0.465 e. The maximum atomic E-state index is 12.4. The Morgan fingerprint density at radius 1 is 1.04 bits per heavy atom. The van der Waals surface area contributed by atoms with Crippen molar-refractivity contribution >= 4 is 46.3 Å². The van der Waals surface area contributed by atoms with Crippen molar-refractivity contribution in [2.45, 2.75) is 0 Å². The molecule has 3 heterocycles. The minimum absolute atomic E-state index is 0.000806. The Hall–Kier alpha value is -2.39. The van der Waals surface area contributed by atoms with Crippen molar-refractivity contribution in [3.8, 4) is 0 Å². The Morgan fingerprint density at radius 2 is 1.76 bits per heavy atom. The van der Waals surface area contributed by atoms with Crippen molar-refractivity contribution in [2.24, 2.45) is 0 Å². The number of urea groups is 1.